The highest BCUT2D eigenvalue weighted by Gasteiger charge is 2.09. The molecule has 0 saturated heterocycles. The van der Waals surface area contributed by atoms with Crippen molar-refractivity contribution in [2.24, 2.45) is 0 Å². The van der Waals surface area contributed by atoms with Gasteiger partial charge in [-0.1, -0.05) is 103 Å². The fourth-order valence-corrected chi connectivity index (χ4v) is 4.00. The number of unbranched alkanes of at least 4 members (excludes halogenated alkanes) is 15. The summed E-state index contributed by atoms with van der Waals surface area (Å²) < 4.78 is 11.0. The van der Waals surface area contributed by atoms with Crippen molar-refractivity contribution >= 4 is 5.78 Å². The molecule has 0 aromatic carbocycles. The number of carbonyl (C=O) groups is 1. The smallest absolute Gasteiger partial charge is 0.158 e. The van der Waals surface area contributed by atoms with E-state index in [0.717, 1.165) is 19.4 Å². The fourth-order valence-electron chi connectivity index (χ4n) is 4.00. The van der Waals surface area contributed by atoms with E-state index in [1.165, 1.54) is 96.3 Å². The van der Waals surface area contributed by atoms with Gasteiger partial charge in [-0.3, -0.25) is 4.79 Å². The molecule has 0 N–H and O–H groups in total. The van der Waals surface area contributed by atoms with Gasteiger partial charge in [0.1, 0.15) is 6.61 Å². The molecule has 1 unspecified atom stereocenters. The number of carbonyl (C=O) groups excluding carboxylic acids is 1. The summed E-state index contributed by atoms with van der Waals surface area (Å²) in [5.74, 6) is 0.225. The van der Waals surface area contributed by atoms with Gasteiger partial charge in [0.25, 0.3) is 0 Å². The Balaban J connectivity index is 3.32. The minimum atomic E-state index is 0.0401. The number of hydrogen-bond donors (Lipinski definition) is 0. The first-order valence-corrected chi connectivity index (χ1v) is 13.7. The molecule has 4 nitrogen and oxygen atoms in total. The third kappa shape index (κ3) is 24.2. The topological polar surface area (TPSA) is 38.8 Å². The second-order valence-electron chi connectivity index (χ2n) is 9.75. The zero-order chi connectivity index (χ0) is 23.7. The lowest BCUT2D eigenvalue weighted by Crippen LogP contribution is -2.23. The van der Waals surface area contributed by atoms with Crippen molar-refractivity contribution in [2.45, 2.75) is 129 Å². The molecule has 1 radical (unpaired) electrons. The number of ether oxygens (including phenoxy) is 2. The van der Waals surface area contributed by atoms with Crippen molar-refractivity contribution in [3.63, 3.8) is 0 Å². The Hall–Kier alpha value is -0.450. The predicted octanol–water partition coefficient (Wildman–Crippen LogP) is 7.39. The molecule has 0 aliphatic carbocycles. The number of hydrogen-bond acceptors (Lipinski definition) is 4. The van der Waals surface area contributed by atoms with Crippen molar-refractivity contribution < 1.29 is 14.3 Å². The van der Waals surface area contributed by atoms with Crippen molar-refractivity contribution in [1.82, 2.24) is 4.90 Å². The Morgan fingerprint density at radius 1 is 0.781 bits per heavy atom. The zero-order valence-corrected chi connectivity index (χ0v) is 22.2. The van der Waals surface area contributed by atoms with Gasteiger partial charge in [-0.25, -0.2) is 0 Å². The zero-order valence-electron chi connectivity index (χ0n) is 22.2. The van der Waals surface area contributed by atoms with Crippen molar-refractivity contribution in [3.8, 4) is 0 Å². The van der Waals surface area contributed by atoms with E-state index < -0.39 is 0 Å². The van der Waals surface area contributed by atoms with Gasteiger partial charge in [0.15, 0.2) is 5.78 Å². The van der Waals surface area contributed by atoms with Crippen LogP contribution in [0.4, 0.5) is 0 Å². The number of methoxy groups -OCH3 is 1. The van der Waals surface area contributed by atoms with Gasteiger partial charge in [0.2, 0.25) is 0 Å². The summed E-state index contributed by atoms with van der Waals surface area (Å²) in [7, 11) is 5.80. The van der Waals surface area contributed by atoms with Crippen LogP contribution in [0.25, 0.3) is 0 Å². The summed E-state index contributed by atoms with van der Waals surface area (Å²) in [5, 5.41) is 0. The fraction of sp³-hybridized carbons (Fsp3) is 0.929. The highest BCUT2D eigenvalue weighted by Crippen LogP contribution is 2.14. The molecule has 0 heterocycles. The minimum absolute atomic E-state index is 0.0401. The summed E-state index contributed by atoms with van der Waals surface area (Å²) in [6.07, 6.45) is 25.4. The standard InChI is InChI=1S/C28H56NO3/c1-5-6-7-8-9-10-11-12-13-14-15-16-17-18-19-20-22-27(30)25-32-26-28(31-4)23-21-24-29(2)3/h21,28H,5-20,22-26H2,1-4H3. The van der Waals surface area contributed by atoms with Crippen LogP contribution >= 0.6 is 0 Å². The Morgan fingerprint density at radius 2 is 1.25 bits per heavy atom. The van der Waals surface area contributed by atoms with E-state index in [0.29, 0.717) is 13.0 Å². The number of nitrogens with zero attached hydrogens (tertiary/aromatic N) is 1. The molecule has 0 spiro atoms. The molecule has 32 heavy (non-hydrogen) atoms. The van der Waals surface area contributed by atoms with Gasteiger partial charge < -0.3 is 14.4 Å². The van der Waals surface area contributed by atoms with E-state index in [4.69, 9.17) is 9.47 Å². The SMILES string of the molecule is CCCCCCCCCCCCCCCCCCC(=O)COCC(C[CH]CN(C)C)OC. The van der Waals surface area contributed by atoms with Crippen LogP contribution in [0.1, 0.15) is 122 Å². The van der Waals surface area contributed by atoms with Crippen LogP contribution in [0.15, 0.2) is 0 Å². The highest BCUT2D eigenvalue weighted by atomic mass is 16.5. The molecule has 0 rings (SSSR count). The Bertz CT molecular complexity index is 387. The van der Waals surface area contributed by atoms with E-state index in [1.807, 2.05) is 14.1 Å². The third-order valence-corrected chi connectivity index (χ3v) is 6.13. The van der Waals surface area contributed by atoms with Gasteiger partial charge in [-0.15, -0.1) is 0 Å². The average Bonchev–Trinajstić information content (AvgIpc) is 2.77. The largest absolute Gasteiger partial charge is 0.379 e. The van der Waals surface area contributed by atoms with Crippen molar-refractivity contribution in [1.29, 1.82) is 0 Å². The summed E-state index contributed by atoms with van der Waals surface area (Å²) in [4.78, 5) is 14.1. The van der Waals surface area contributed by atoms with Crippen LogP contribution < -0.4 is 0 Å². The van der Waals surface area contributed by atoms with E-state index in [-0.39, 0.29) is 18.5 Å². The molecular weight excluding hydrogens is 398 g/mol. The normalized spacial score (nSPS) is 12.5. The lowest BCUT2D eigenvalue weighted by atomic mass is 10.0. The Labute approximate surface area is 201 Å². The number of rotatable bonds is 26. The first-order valence-electron chi connectivity index (χ1n) is 13.7. The quantitative estimate of drug-likeness (QED) is 0.128. The number of Topliss-reactive ketones (excluding diaryl/α,β-unsaturated/α-hetero) is 1. The first-order chi connectivity index (χ1) is 15.6. The molecule has 0 fully saturated rings. The molecule has 1 atom stereocenters. The summed E-state index contributed by atoms with van der Waals surface area (Å²) in [5.41, 5.74) is 0. The van der Waals surface area contributed by atoms with Crippen molar-refractivity contribution in [3.05, 3.63) is 6.42 Å². The van der Waals surface area contributed by atoms with Gasteiger partial charge >= 0.3 is 0 Å². The molecule has 191 valence electrons. The van der Waals surface area contributed by atoms with E-state index in [1.54, 1.807) is 7.11 Å². The van der Waals surface area contributed by atoms with Crippen LogP contribution in [-0.4, -0.2) is 57.8 Å². The number of ketones is 1. The van der Waals surface area contributed by atoms with E-state index in [2.05, 4.69) is 18.2 Å². The second-order valence-corrected chi connectivity index (χ2v) is 9.75. The second kappa shape index (κ2) is 25.2. The Morgan fingerprint density at radius 3 is 1.69 bits per heavy atom. The van der Waals surface area contributed by atoms with E-state index in [9.17, 15) is 4.79 Å². The van der Waals surface area contributed by atoms with Gasteiger partial charge in [-0.05, 0) is 33.4 Å². The first kappa shape index (κ1) is 31.6. The maximum atomic E-state index is 12.0. The van der Waals surface area contributed by atoms with Gasteiger partial charge in [0, 0.05) is 20.1 Å². The van der Waals surface area contributed by atoms with Gasteiger partial charge in [-0.2, -0.15) is 0 Å². The van der Waals surface area contributed by atoms with Crippen LogP contribution in [0.3, 0.4) is 0 Å². The molecule has 0 aromatic heterocycles. The average molecular weight is 455 g/mol. The summed E-state index contributed by atoms with van der Waals surface area (Å²) in [6, 6.07) is 0. The molecular formula is C28H56NO3. The lowest BCUT2D eigenvalue weighted by Gasteiger charge is -2.16. The van der Waals surface area contributed by atoms with Crippen LogP contribution in [0.5, 0.6) is 0 Å². The van der Waals surface area contributed by atoms with Crippen LogP contribution in [0, 0.1) is 6.42 Å². The monoisotopic (exact) mass is 454 g/mol. The Kier molecular flexibility index (Phi) is 24.8. The maximum absolute atomic E-state index is 12.0. The van der Waals surface area contributed by atoms with E-state index >= 15 is 0 Å². The predicted molar refractivity (Wildman–Crippen MR) is 138 cm³/mol. The van der Waals surface area contributed by atoms with Gasteiger partial charge in [0.05, 0.1) is 12.7 Å². The van der Waals surface area contributed by atoms with Crippen molar-refractivity contribution in [2.75, 3.05) is 41.0 Å². The third-order valence-electron chi connectivity index (χ3n) is 6.13. The highest BCUT2D eigenvalue weighted by molar-refractivity contribution is 5.79. The summed E-state index contributed by atoms with van der Waals surface area (Å²) >= 11 is 0. The van der Waals surface area contributed by atoms with Crippen LogP contribution in [0.2, 0.25) is 0 Å². The maximum Gasteiger partial charge on any atom is 0.158 e. The minimum Gasteiger partial charge on any atom is -0.379 e. The molecule has 0 saturated carbocycles. The lowest BCUT2D eigenvalue weighted by molar-refractivity contribution is -0.125. The molecule has 0 amide bonds. The summed E-state index contributed by atoms with van der Waals surface area (Å²) in [6.45, 7) is 3.93. The molecule has 0 aliphatic heterocycles. The molecule has 0 bridgehead atoms. The molecule has 0 aliphatic rings. The molecule has 4 heteroatoms. The molecule has 0 aromatic rings. The van der Waals surface area contributed by atoms with Crippen LogP contribution in [-0.2, 0) is 14.3 Å².